The van der Waals surface area contributed by atoms with E-state index in [0.29, 0.717) is 0 Å². The molecule has 0 saturated carbocycles. The fourth-order valence-electron chi connectivity index (χ4n) is 15.9. The lowest BCUT2D eigenvalue weighted by atomic mass is 9.93. The Morgan fingerprint density at radius 2 is 0.447 bits per heavy atom. The van der Waals surface area contributed by atoms with Gasteiger partial charge in [-0.25, -0.2) is 0 Å². The summed E-state index contributed by atoms with van der Waals surface area (Å²) in [6, 6.07) is -7.61. The number of carbonyl (C=O) groups is 4. The molecule has 0 unspecified atom stereocenters. The summed E-state index contributed by atoms with van der Waals surface area (Å²) in [4.78, 5) is 51.3. The molecule has 10 saturated heterocycles. The zero-order valence-corrected chi connectivity index (χ0v) is 65.9. The molecule has 10 fully saturated rings. The number of amides is 4. The van der Waals surface area contributed by atoms with Gasteiger partial charge in [-0.2, -0.15) is 0 Å². The Balaban J connectivity index is 1.04. The van der Waals surface area contributed by atoms with Gasteiger partial charge in [0.25, 0.3) is 0 Å². The molecule has 55 nitrogen and oxygen atoms in total. The largest absolute Gasteiger partial charge is 0.394 e. The maximum Gasteiger partial charge on any atom is 0.217 e. The third-order valence-electron chi connectivity index (χ3n) is 22.5. The molecular weight excluding hydrogens is 1690 g/mol. The zero-order chi connectivity index (χ0) is 90.5. The number of nitrogens with one attached hydrogen (secondary N) is 4. The maximum absolute atomic E-state index is 13.3. The molecule has 10 aliphatic rings. The molecule has 32 N–H and O–H groups in total. The van der Waals surface area contributed by atoms with Gasteiger partial charge in [0.05, 0.1) is 66.1 Å². The van der Waals surface area contributed by atoms with Crippen LogP contribution < -0.4 is 21.3 Å². The van der Waals surface area contributed by atoms with E-state index in [-0.39, 0.29) is 0 Å². The van der Waals surface area contributed by atoms with Gasteiger partial charge in [0.15, 0.2) is 62.9 Å². The van der Waals surface area contributed by atoms with Crippen LogP contribution in [-0.2, 0) is 109 Å². The molecule has 55 heteroatoms. The molecule has 4 amide bonds. The SMILES string of the molecule is CC(=O)N[C@@H]1[C@@H](O)[C@H](O[C@@H]2O[C@H](CO)[C@@H](O[C@@H]3O[C@H](CO[C@H]4O[C@H](CO[C@H]5O[C@H](CO)[C@@H](O)[C@H](O)[C@@H]5O)[C@@H](O)[C@H](O[C@H]5O[C@H](CO)[C@@H](O)[C@H](O)[C@@H]5O)[C@@H]4O)[C@@H](O)[C@H](O[C@H]4O[C@H](CO)[C@@H](O[C@@H]5O[C@H](CO)[C@@H](O)[C@H](O)[C@H]5NC(C)=O)[C@H](O)[C@@H]4O[C@@H]4O[C@H](CO)[C@@H](O[C@@H]5O[C@H](CO)[C@H](O)[C@H](O)[C@H]5O)[C@H](O)[C@H]4NC(C)=O)[C@@H]3O)[C@H](O)[C@H]2NC(C)=O)[C@@H](CO)O[C@H]1O. The van der Waals surface area contributed by atoms with E-state index in [0.717, 1.165) is 27.7 Å². The van der Waals surface area contributed by atoms with Crippen molar-refractivity contribution in [2.24, 2.45) is 0 Å². The summed E-state index contributed by atoms with van der Waals surface area (Å²) in [5.74, 6) is -3.74. The van der Waals surface area contributed by atoms with Crippen LogP contribution in [-0.4, -0.2) is 539 Å². The van der Waals surface area contributed by atoms with Crippen molar-refractivity contribution >= 4 is 23.6 Å². The van der Waals surface area contributed by atoms with Crippen molar-refractivity contribution in [2.75, 3.05) is 66.1 Å². The van der Waals surface area contributed by atoms with Crippen molar-refractivity contribution in [3.05, 3.63) is 0 Å². The highest BCUT2D eigenvalue weighted by atomic mass is 16.8. The summed E-state index contributed by atoms with van der Waals surface area (Å²) in [5.41, 5.74) is 0. The number of aliphatic hydroxyl groups is 28. The van der Waals surface area contributed by atoms with E-state index in [1.807, 2.05) is 0 Å². The van der Waals surface area contributed by atoms with Crippen LogP contribution in [0, 0.1) is 0 Å². The summed E-state index contributed by atoms with van der Waals surface area (Å²) in [7, 11) is 0. The molecule has 0 bridgehead atoms. The quantitative estimate of drug-likeness (QED) is 0.0297. The first-order chi connectivity index (χ1) is 58.2. The van der Waals surface area contributed by atoms with Crippen molar-refractivity contribution in [1.29, 1.82) is 0 Å². The minimum Gasteiger partial charge on any atom is -0.394 e. The Hall–Kier alpha value is -4.00. The molecule has 123 heavy (non-hydrogen) atoms. The smallest absolute Gasteiger partial charge is 0.217 e. The summed E-state index contributed by atoms with van der Waals surface area (Å²) in [5, 5.41) is 322. The standard InChI is InChI=1S/C68H114N4O51/c1-15(81)69-29-40(92)52(23(9-77)107-59(29)104)117-61-31(71-17(3)83)41(93)54(25(11-79)112-61)120-67-51(103)57(38(90)28(116-67)14-106-64-50(102)56(121-66-48(100)45(97)36(88)22(8-76)111-66)37(89)27(115-64)13-105-63-46(98)43(95)34(86)20(6-74)109-63)122-68-58(49(101)55(26(12-80)114-68)118-60-30(70-16(2)82)39(91)33(85)19(5-73)108-60)123-62-32(72-18(4)84)42(94)53(24(10-78)113-62)119-65-47(99)44(96)35(87)21(7-75)110-65/h19-68,73-80,85-104H,5-14H2,1-4H3,(H,69,81)(H,70,82)(H,71,83)(H,72,84)/t19-,20-,21-,22-,23-,24-,25-,26-,27-,28-,29-,30-,31-,32-,33-,34-,35+,36-,37-,38-,39-,40-,41-,42-,43+,44+,45+,46+,47-,48+,49+,50+,51+,52-,53-,54-,55-,56+,57+,58+,59-,60+,61+,62+,63+,64+,65+,66-,67+,68-/m1/s1. The van der Waals surface area contributed by atoms with E-state index >= 15 is 0 Å². The predicted molar refractivity (Wildman–Crippen MR) is 376 cm³/mol. The maximum atomic E-state index is 13.3. The van der Waals surface area contributed by atoms with Gasteiger partial charge in [-0.05, 0) is 0 Å². The molecule has 0 aromatic carbocycles. The molecule has 0 aromatic heterocycles. The Morgan fingerprint density at radius 3 is 0.829 bits per heavy atom. The van der Waals surface area contributed by atoms with Gasteiger partial charge >= 0.3 is 0 Å². The van der Waals surface area contributed by atoms with Gasteiger partial charge in [-0.15, -0.1) is 0 Å². The van der Waals surface area contributed by atoms with E-state index in [1.54, 1.807) is 0 Å². The van der Waals surface area contributed by atoms with Crippen LogP contribution in [0.25, 0.3) is 0 Å². The topological polar surface area (TPSA) is 858 Å². The molecule has 0 aromatic rings. The first kappa shape index (κ1) is 101. The number of carbonyl (C=O) groups excluding carboxylic acids is 4. The van der Waals surface area contributed by atoms with Crippen LogP contribution in [0.2, 0.25) is 0 Å². The molecule has 10 heterocycles. The predicted octanol–water partition coefficient (Wildman–Crippen LogP) is -22.2. The van der Waals surface area contributed by atoms with Crippen molar-refractivity contribution in [3.63, 3.8) is 0 Å². The zero-order valence-electron chi connectivity index (χ0n) is 65.9. The third-order valence-corrected chi connectivity index (χ3v) is 22.5. The average molecular weight is 1800 g/mol. The number of ether oxygens (including phenoxy) is 19. The average Bonchev–Trinajstić information content (AvgIpc) is 0.758. The summed E-state index contributed by atoms with van der Waals surface area (Å²) >= 11 is 0. The van der Waals surface area contributed by atoms with Crippen molar-refractivity contribution < 1.29 is 252 Å². The first-order valence-electron chi connectivity index (χ1n) is 39.1. The van der Waals surface area contributed by atoms with E-state index in [1.165, 1.54) is 0 Å². The number of rotatable bonds is 32. The van der Waals surface area contributed by atoms with E-state index in [9.17, 15) is 162 Å². The third kappa shape index (κ3) is 22.4. The lowest BCUT2D eigenvalue weighted by molar-refractivity contribution is -0.405. The van der Waals surface area contributed by atoms with Gasteiger partial charge in [0.2, 0.25) is 23.6 Å². The Bertz CT molecular complexity index is 3310. The van der Waals surface area contributed by atoms with Crippen LogP contribution in [0.15, 0.2) is 0 Å². The fourth-order valence-corrected chi connectivity index (χ4v) is 15.9. The second-order valence-electron chi connectivity index (χ2n) is 31.0. The minimum absolute atomic E-state index is 0.813. The molecule has 0 spiro atoms. The molecule has 0 aliphatic carbocycles. The lowest BCUT2D eigenvalue weighted by Crippen LogP contribution is -2.71. The Morgan fingerprint density at radius 1 is 0.211 bits per heavy atom. The van der Waals surface area contributed by atoms with Gasteiger partial charge < -0.3 is 254 Å². The Kier molecular flexibility index (Phi) is 36.4. The van der Waals surface area contributed by atoms with Crippen LogP contribution >= 0.6 is 0 Å². The molecular formula is C68H114N4O51. The van der Waals surface area contributed by atoms with E-state index in [4.69, 9.17) is 90.0 Å². The van der Waals surface area contributed by atoms with Crippen molar-refractivity contribution in [2.45, 2.75) is 335 Å². The molecule has 712 valence electrons. The molecule has 0 radical (unpaired) electrons. The second-order valence-corrected chi connectivity index (χ2v) is 31.0. The molecule has 50 atom stereocenters. The lowest BCUT2D eigenvalue weighted by Gasteiger charge is -2.52. The van der Waals surface area contributed by atoms with Crippen molar-refractivity contribution in [1.82, 2.24) is 21.3 Å². The minimum atomic E-state index is -2.70. The van der Waals surface area contributed by atoms with Gasteiger partial charge in [-0.3, -0.25) is 19.2 Å². The van der Waals surface area contributed by atoms with Crippen LogP contribution in [0.1, 0.15) is 27.7 Å². The second kappa shape index (κ2) is 44.3. The highest BCUT2D eigenvalue weighted by Crippen LogP contribution is 2.41. The normalized spacial score (nSPS) is 49.4. The number of aliphatic hydroxyl groups excluding tert-OH is 28. The van der Waals surface area contributed by atoms with Gasteiger partial charge in [-0.1, -0.05) is 0 Å². The molecule has 10 aliphatic heterocycles. The van der Waals surface area contributed by atoms with Crippen LogP contribution in [0.3, 0.4) is 0 Å². The monoisotopic (exact) mass is 1800 g/mol. The molecule has 10 rings (SSSR count). The van der Waals surface area contributed by atoms with E-state index in [2.05, 4.69) is 21.3 Å². The number of hydrogen-bond donors (Lipinski definition) is 32. The summed E-state index contributed by atoms with van der Waals surface area (Å²) in [6.07, 6.45) is -98.9. The van der Waals surface area contributed by atoms with E-state index < -0.39 is 397 Å². The summed E-state index contributed by atoms with van der Waals surface area (Å²) in [6.45, 7) is -7.53. The van der Waals surface area contributed by atoms with Crippen LogP contribution in [0.5, 0.6) is 0 Å². The van der Waals surface area contributed by atoms with Gasteiger partial charge in [0.1, 0.15) is 244 Å². The highest BCUT2D eigenvalue weighted by molar-refractivity contribution is 5.74. The highest BCUT2D eigenvalue weighted by Gasteiger charge is 2.62. The summed E-state index contributed by atoms with van der Waals surface area (Å²) < 4.78 is 113. The number of hydrogen-bond acceptors (Lipinski definition) is 51. The Labute approximate surface area is 695 Å². The van der Waals surface area contributed by atoms with Crippen LogP contribution in [0.4, 0.5) is 0 Å². The fraction of sp³-hybridized carbons (Fsp3) is 0.941. The first-order valence-corrected chi connectivity index (χ1v) is 39.1. The van der Waals surface area contributed by atoms with Crippen molar-refractivity contribution in [3.8, 4) is 0 Å². The van der Waals surface area contributed by atoms with Gasteiger partial charge in [0, 0.05) is 27.7 Å².